The number of rotatable bonds is 9. The van der Waals surface area contributed by atoms with Crippen LogP contribution in [0.2, 0.25) is 0 Å². The molecule has 1 fully saturated rings. The quantitative estimate of drug-likeness (QED) is 0.399. The number of urea groups is 1. The molecule has 0 aromatic carbocycles. The van der Waals surface area contributed by atoms with Crippen LogP contribution < -0.4 is 15.5 Å². The largest absolute Gasteiger partial charge is 0.383 e. The van der Waals surface area contributed by atoms with Gasteiger partial charge >= 0.3 is 6.03 Å². The average molecular weight is 481 g/mol. The number of ether oxygens (including phenoxy) is 1. The minimum Gasteiger partial charge on any atom is -0.383 e. The molecular formula is C23H28N8O4. The molecule has 12 nitrogen and oxygen atoms in total. The Kier molecular flexibility index (Phi) is 8.66. The molecule has 0 spiro atoms. The van der Waals surface area contributed by atoms with E-state index in [0.29, 0.717) is 49.3 Å². The van der Waals surface area contributed by atoms with E-state index in [9.17, 15) is 19.6 Å². The van der Waals surface area contributed by atoms with Crippen molar-refractivity contribution in [2.45, 2.75) is 6.54 Å². The number of amides is 3. The first-order valence-electron chi connectivity index (χ1n) is 10.9. The van der Waals surface area contributed by atoms with Gasteiger partial charge in [-0.1, -0.05) is 6.07 Å². The summed E-state index contributed by atoms with van der Waals surface area (Å²) < 4.78 is 5.00. The third kappa shape index (κ3) is 6.50. The highest BCUT2D eigenvalue weighted by Crippen LogP contribution is 2.20. The van der Waals surface area contributed by atoms with E-state index in [-0.39, 0.29) is 29.8 Å². The Balaban J connectivity index is 1.71. The maximum Gasteiger partial charge on any atom is 0.328 e. The van der Waals surface area contributed by atoms with Gasteiger partial charge in [0.05, 0.1) is 24.4 Å². The Hall–Kier alpha value is -4.08. The molecule has 2 N–H and O–H groups in total. The zero-order valence-corrected chi connectivity index (χ0v) is 19.9. The Morgan fingerprint density at radius 1 is 1.37 bits per heavy atom. The molecule has 0 unspecified atom stereocenters. The number of aldehydes is 1. The number of anilines is 3. The van der Waals surface area contributed by atoms with E-state index in [0.717, 1.165) is 6.54 Å². The summed E-state index contributed by atoms with van der Waals surface area (Å²) in [7, 11) is 4.97. The number of nitrogens with one attached hydrogen (secondary N) is 2. The highest BCUT2D eigenvalue weighted by atomic mass is 16.5. The normalized spacial score (nSPS) is 13.8. The summed E-state index contributed by atoms with van der Waals surface area (Å²) in [6.07, 6.45) is 1.98. The second-order valence-corrected chi connectivity index (χ2v) is 8.02. The van der Waals surface area contributed by atoms with Crippen molar-refractivity contribution in [3.63, 3.8) is 0 Å². The third-order valence-corrected chi connectivity index (χ3v) is 5.51. The van der Waals surface area contributed by atoms with E-state index < -0.39 is 6.03 Å². The minimum atomic E-state index is -0.531. The first-order chi connectivity index (χ1) is 16.9. The maximum absolute atomic E-state index is 12.8. The first kappa shape index (κ1) is 25.5. The van der Waals surface area contributed by atoms with Gasteiger partial charge in [-0.2, -0.15) is 5.26 Å². The number of carbonyl (C=O) groups excluding carboxylic acids is 3. The lowest BCUT2D eigenvalue weighted by Crippen LogP contribution is -2.48. The fraction of sp³-hybridized carbons (Fsp3) is 0.391. The first-order valence-corrected chi connectivity index (χ1v) is 10.9. The zero-order chi connectivity index (χ0) is 25.4. The number of aromatic nitrogens is 2. The smallest absolute Gasteiger partial charge is 0.328 e. The fourth-order valence-electron chi connectivity index (χ4n) is 3.46. The second kappa shape index (κ2) is 11.9. The number of piperazine rings is 1. The van der Waals surface area contributed by atoms with Gasteiger partial charge in [-0.05, 0) is 13.1 Å². The predicted molar refractivity (Wildman–Crippen MR) is 129 cm³/mol. The molecule has 1 aliphatic heterocycles. The van der Waals surface area contributed by atoms with Gasteiger partial charge in [-0.3, -0.25) is 24.7 Å². The Labute approximate surface area is 203 Å². The molecule has 0 radical (unpaired) electrons. The monoisotopic (exact) mass is 480 g/mol. The number of likely N-dealkylation sites (N-methyl/N-ethyl adjacent to an activating group) is 1. The van der Waals surface area contributed by atoms with Crippen molar-refractivity contribution < 1.29 is 19.1 Å². The molecule has 35 heavy (non-hydrogen) atoms. The van der Waals surface area contributed by atoms with Gasteiger partial charge in [0.15, 0.2) is 6.29 Å². The van der Waals surface area contributed by atoms with E-state index in [1.165, 1.54) is 18.1 Å². The van der Waals surface area contributed by atoms with E-state index in [1.54, 1.807) is 30.2 Å². The molecule has 3 amide bonds. The van der Waals surface area contributed by atoms with Crippen LogP contribution in [0.25, 0.3) is 0 Å². The van der Waals surface area contributed by atoms with Crippen molar-refractivity contribution in [3.8, 4) is 6.07 Å². The van der Waals surface area contributed by atoms with Gasteiger partial charge in [0.25, 0.3) is 0 Å². The lowest BCUT2D eigenvalue weighted by molar-refractivity contribution is -0.136. The molecule has 2 aromatic rings. The van der Waals surface area contributed by atoms with Gasteiger partial charge in [0.1, 0.15) is 23.4 Å². The van der Waals surface area contributed by atoms with Crippen molar-refractivity contribution in [1.29, 1.82) is 5.26 Å². The molecule has 0 atom stereocenters. The second-order valence-electron chi connectivity index (χ2n) is 8.02. The topological polar surface area (TPSA) is 144 Å². The van der Waals surface area contributed by atoms with Crippen LogP contribution in [-0.2, 0) is 16.1 Å². The summed E-state index contributed by atoms with van der Waals surface area (Å²) in [4.78, 5) is 50.1. The molecule has 2 aromatic heterocycles. The SMILES string of the molecule is COCCNc1cc(NC(=O)N(C)c2ccc(CN3CCN(C)CC3=O)c(C=O)n2)ncc1C#N. The molecule has 3 rings (SSSR count). The zero-order valence-electron chi connectivity index (χ0n) is 19.9. The van der Waals surface area contributed by atoms with Crippen LogP contribution in [0.15, 0.2) is 24.4 Å². The standard InChI is InChI=1S/C23H28N8O4/c1-29-7-8-31(22(33)14-29)13-16-4-5-21(27-19(16)15-32)30(2)23(34)28-20-10-18(25-6-9-35-3)17(11-24)12-26-20/h4-5,10,12,15H,6-9,13-14H2,1-3H3,(H2,25,26,28,34). The molecular weight excluding hydrogens is 452 g/mol. The number of hydrogen-bond donors (Lipinski definition) is 2. The molecule has 184 valence electrons. The van der Waals surface area contributed by atoms with Crippen molar-refractivity contribution in [3.05, 3.63) is 41.2 Å². The van der Waals surface area contributed by atoms with Crippen molar-refractivity contribution in [2.24, 2.45) is 0 Å². The number of nitriles is 1. The Bertz CT molecular complexity index is 1130. The molecule has 1 saturated heterocycles. The Morgan fingerprint density at radius 2 is 2.17 bits per heavy atom. The molecule has 3 heterocycles. The van der Waals surface area contributed by atoms with Crippen LogP contribution >= 0.6 is 0 Å². The van der Waals surface area contributed by atoms with E-state index in [4.69, 9.17) is 4.74 Å². The summed E-state index contributed by atoms with van der Waals surface area (Å²) in [5.74, 6) is 0.480. The lowest BCUT2D eigenvalue weighted by Gasteiger charge is -2.32. The molecule has 0 bridgehead atoms. The van der Waals surface area contributed by atoms with Crippen molar-refractivity contribution >= 4 is 35.5 Å². The van der Waals surface area contributed by atoms with Crippen LogP contribution in [-0.4, -0.2) is 92.0 Å². The summed E-state index contributed by atoms with van der Waals surface area (Å²) in [6, 6.07) is 6.38. The van der Waals surface area contributed by atoms with E-state index in [2.05, 4.69) is 20.6 Å². The highest BCUT2D eigenvalue weighted by Gasteiger charge is 2.23. The van der Waals surface area contributed by atoms with Gasteiger partial charge in [-0.15, -0.1) is 0 Å². The minimum absolute atomic E-state index is 0.0119. The number of nitrogens with zero attached hydrogens (tertiary/aromatic N) is 6. The summed E-state index contributed by atoms with van der Waals surface area (Å²) in [6.45, 7) is 2.85. The number of pyridine rings is 2. The van der Waals surface area contributed by atoms with Crippen molar-refractivity contribution in [1.82, 2.24) is 19.8 Å². The fourth-order valence-corrected chi connectivity index (χ4v) is 3.46. The van der Waals surface area contributed by atoms with Gasteiger partial charge in [-0.25, -0.2) is 14.8 Å². The summed E-state index contributed by atoms with van der Waals surface area (Å²) in [5.41, 5.74) is 1.62. The molecule has 12 heteroatoms. The maximum atomic E-state index is 12.8. The van der Waals surface area contributed by atoms with Crippen molar-refractivity contribution in [2.75, 3.05) is 69.5 Å². The van der Waals surface area contributed by atoms with Crippen LogP contribution in [0, 0.1) is 11.3 Å². The molecule has 0 saturated carbocycles. The van der Waals surface area contributed by atoms with Gasteiger partial charge in [0.2, 0.25) is 5.91 Å². The highest BCUT2D eigenvalue weighted by molar-refractivity contribution is 6.00. The van der Waals surface area contributed by atoms with Crippen LogP contribution in [0.1, 0.15) is 21.6 Å². The number of methoxy groups -OCH3 is 1. The van der Waals surface area contributed by atoms with Gasteiger partial charge < -0.3 is 15.0 Å². The Morgan fingerprint density at radius 3 is 2.86 bits per heavy atom. The summed E-state index contributed by atoms with van der Waals surface area (Å²) >= 11 is 0. The average Bonchev–Trinajstić information content (AvgIpc) is 2.85. The van der Waals surface area contributed by atoms with E-state index >= 15 is 0 Å². The predicted octanol–water partition coefficient (Wildman–Crippen LogP) is 1.16. The van der Waals surface area contributed by atoms with Gasteiger partial charge in [0, 0.05) is 58.2 Å². The third-order valence-electron chi connectivity index (χ3n) is 5.51. The molecule has 1 aliphatic rings. The van der Waals surface area contributed by atoms with Crippen LogP contribution in [0.4, 0.5) is 22.1 Å². The number of carbonyl (C=O) groups is 3. The van der Waals surface area contributed by atoms with Crippen LogP contribution in [0.3, 0.4) is 0 Å². The molecule has 0 aliphatic carbocycles. The van der Waals surface area contributed by atoms with E-state index in [1.807, 2.05) is 18.0 Å². The lowest BCUT2D eigenvalue weighted by atomic mass is 10.1. The number of hydrogen-bond acceptors (Lipinski definition) is 9. The van der Waals surface area contributed by atoms with Crippen LogP contribution in [0.5, 0.6) is 0 Å². The summed E-state index contributed by atoms with van der Waals surface area (Å²) in [5, 5.41) is 15.0.